The van der Waals surface area contributed by atoms with Crippen molar-refractivity contribution in [2.45, 2.75) is 0 Å². The number of carbonyl (C=O) groups is 1. The van der Waals surface area contributed by atoms with Crippen molar-refractivity contribution in [3.8, 4) is 0 Å². The molecule has 0 radical (unpaired) electrons. The zero-order valence-electron chi connectivity index (χ0n) is 8.53. The lowest BCUT2D eigenvalue weighted by Crippen LogP contribution is -1.93. The highest BCUT2D eigenvalue weighted by Crippen LogP contribution is 2.30. The molecule has 0 aliphatic rings. The number of carbonyl (C=O) groups excluding carboxylic acids is 1. The second-order valence-corrected chi connectivity index (χ2v) is 3.66. The quantitative estimate of drug-likeness (QED) is 0.627. The molecule has 0 aliphatic carbocycles. The number of hydrogen-bond donors (Lipinski definition) is 2. The second-order valence-electron chi connectivity index (χ2n) is 3.66. The Kier molecular flexibility index (Phi) is 1.90. The maximum Gasteiger partial charge on any atom is 0.211 e. The predicted octanol–water partition coefficient (Wildman–Crippen LogP) is 2.89. The fourth-order valence-corrected chi connectivity index (χ4v) is 2.09. The van der Waals surface area contributed by atoms with Crippen molar-refractivity contribution in [3.63, 3.8) is 0 Å². The van der Waals surface area contributed by atoms with Gasteiger partial charge in [-0.2, -0.15) is 0 Å². The van der Waals surface area contributed by atoms with Crippen molar-refractivity contribution in [2.24, 2.45) is 0 Å². The molecule has 3 nitrogen and oxygen atoms in total. The maximum absolute atomic E-state index is 10.6. The summed E-state index contributed by atoms with van der Waals surface area (Å²) in [6.07, 6.45) is 0.705. The van der Waals surface area contributed by atoms with E-state index in [0.29, 0.717) is 6.41 Å². The number of aromatic amines is 1. The lowest BCUT2D eigenvalue weighted by molar-refractivity contribution is -0.105. The Morgan fingerprint density at radius 1 is 1.00 bits per heavy atom. The third kappa shape index (κ3) is 1.18. The molecule has 3 heteroatoms. The van der Waals surface area contributed by atoms with Gasteiger partial charge in [0.15, 0.2) is 0 Å². The van der Waals surface area contributed by atoms with E-state index in [2.05, 4.69) is 10.3 Å². The SMILES string of the molecule is O=CNc1cccc2[nH]c3ccccc3c12. The zero-order chi connectivity index (χ0) is 11.0. The minimum Gasteiger partial charge on any atom is -0.354 e. The van der Waals surface area contributed by atoms with Crippen molar-refractivity contribution in [2.75, 3.05) is 5.32 Å². The van der Waals surface area contributed by atoms with Gasteiger partial charge in [0.25, 0.3) is 0 Å². The van der Waals surface area contributed by atoms with Crippen LogP contribution in [-0.4, -0.2) is 11.4 Å². The molecule has 78 valence electrons. The van der Waals surface area contributed by atoms with E-state index in [4.69, 9.17) is 0 Å². The summed E-state index contributed by atoms with van der Waals surface area (Å²) in [6, 6.07) is 13.9. The van der Waals surface area contributed by atoms with Crippen LogP contribution in [0.5, 0.6) is 0 Å². The first-order valence-corrected chi connectivity index (χ1v) is 5.10. The Morgan fingerprint density at radius 3 is 2.69 bits per heavy atom. The summed E-state index contributed by atoms with van der Waals surface area (Å²) in [5.74, 6) is 0. The number of aromatic nitrogens is 1. The van der Waals surface area contributed by atoms with Crippen LogP contribution in [0.3, 0.4) is 0 Å². The summed E-state index contributed by atoms with van der Waals surface area (Å²) in [5, 5.41) is 4.92. The van der Waals surface area contributed by atoms with Crippen molar-refractivity contribution in [1.29, 1.82) is 0 Å². The van der Waals surface area contributed by atoms with Gasteiger partial charge in [0.2, 0.25) is 6.41 Å². The van der Waals surface area contributed by atoms with Crippen LogP contribution in [0.25, 0.3) is 21.8 Å². The standard InChI is InChI=1S/C13H10N2O/c16-8-14-11-6-3-7-12-13(11)9-4-1-2-5-10(9)15-12/h1-8,15H,(H,14,16). The van der Waals surface area contributed by atoms with Crippen molar-refractivity contribution < 1.29 is 4.79 Å². The molecule has 0 saturated carbocycles. The molecule has 0 atom stereocenters. The van der Waals surface area contributed by atoms with E-state index in [9.17, 15) is 4.79 Å². The Morgan fingerprint density at radius 2 is 1.81 bits per heavy atom. The predicted molar refractivity (Wildman–Crippen MR) is 65.5 cm³/mol. The Hall–Kier alpha value is -2.29. The van der Waals surface area contributed by atoms with E-state index in [-0.39, 0.29) is 0 Å². The third-order valence-electron chi connectivity index (χ3n) is 2.74. The van der Waals surface area contributed by atoms with E-state index in [1.54, 1.807) is 0 Å². The molecule has 0 saturated heterocycles. The van der Waals surface area contributed by atoms with Crippen LogP contribution in [0.2, 0.25) is 0 Å². The van der Waals surface area contributed by atoms with Gasteiger partial charge in [0.1, 0.15) is 0 Å². The minimum atomic E-state index is 0.705. The van der Waals surface area contributed by atoms with Crippen LogP contribution in [0.4, 0.5) is 5.69 Å². The minimum absolute atomic E-state index is 0.705. The number of hydrogen-bond acceptors (Lipinski definition) is 1. The average Bonchev–Trinajstić information content (AvgIpc) is 2.68. The summed E-state index contributed by atoms with van der Waals surface area (Å²) in [4.78, 5) is 13.9. The summed E-state index contributed by atoms with van der Waals surface area (Å²) < 4.78 is 0. The van der Waals surface area contributed by atoms with E-state index in [1.807, 2.05) is 42.5 Å². The van der Waals surface area contributed by atoms with Crippen LogP contribution in [0.1, 0.15) is 0 Å². The molecule has 16 heavy (non-hydrogen) atoms. The van der Waals surface area contributed by atoms with Crippen LogP contribution in [0.15, 0.2) is 42.5 Å². The number of rotatable bonds is 2. The van der Waals surface area contributed by atoms with Crippen LogP contribution >= 0.6 is 0 Å². The van der Waals surface area contributed by atoms with E-state index in [1.165, 1.54) is 0 Å². The third-order valence-corrected chi connectivity index (χ3v) is 2.74. The van der Waals surface area contributed by atoms with Gasteiger partial charge in [0.05, 0.1) is 5.69 Å². The van der Waals surface area contributed by atoms with Crippen LogP contribution < -0.4 is 5.32 Å². The fraction of sp³-hybridized carbons (Fsp3) is 0. The first-order valence-electron chi connectivity index (χ1n) is 5.10. The zero-order valence-corrected chi connectivity index (χ0v) is 8.53. The van der Waals surface area contributed by atoms with Gasteiger partial charge >= 0.3 is 0 Å². The largest absolute Gasteiger partial charge is 0.354 e. The normalized spacial score (nSPS) is 10.8. The number of para-hydroxylation sites is 1. The van der Waals surface area contributed by atoms with Crippen LogP contribution in [-0.2, 0) is 4.79 Å². The van der Waals surface area contributed by atoms with Gasteiger partial charge in [-0.15, -0.1) is 0 Å². The topological polar surface area (TPSA) is 44.9 Å². The van der Waals surface area contributed by atoms with Gasteiger partial charge in [-0.05, 0) is 18.2 Å². The lowest BCUT2D eigenvalue weighted by atomic mass is 10.1. The summed E-state index contributed by atoms with van der Waals surface area (Å²) >= 11 is 0. The molecule has 0 bridgehead atoms. The van der Waals surface area contributed by atoms with Crippen molar-refractivity contribution >= 4 is 33.9 Å². The second kappa shape index (κ2) is 3.38. The monoisotopic (exact) mass is 210 g/mol. The molecule has 3 rings (SSSR count). The van der Waals surface area contributed by atoms with Gasteiger partial charge in [-0.1, -0.05) is 24.3 Å². The molecule has 0 fully saturated rings. The molecule has 2 N–H and O–H groups in total. The highest BCUT2D eigenvalue weighted by molar-refractivity contribution is 6.14. The maximum atomic E-state index is 10.6. The number of fused-ring (bicyclic) bond motifs is 3. The van der Waals surface area contributed by atoms with Gasteiger partial charge in [-0.3, -0.25) is 4.79 Å². The van der Waals surface area contributed by atoms with E-state index in [0.717, 1.165) is 27.5 Å². The van der Waals surface area contributed by atoms with Gasteiger partial charge < -0.3 is 10.3 Å². The molecule has 0 aliphatic heterocycles. The highest BCUT2D eigenvalue weighted by atomic mass is 16.1. The smallest absolute Gasteiger partial charge is 0.211 e. The van der Waals surface area contributed by atoms with Crippen LogP contribution in [0, 0.1) is 0 Å². The van der Waals surface area contributed by atoms with E-state index >= 15 is 0 Å². The molecule has 1 amide bonds. The molecular weight excluding hydrogens is 200 g/mol. The number of anilines is 1. The summed E-state index contributed by atoms with van der Waals surface area (Å²) in [5.41, 5.74) is 2.95. The molecular formula is C13H10N2O. The molecule has 0 spiro atoms. The number of nitrogens with one attached hydrogen (secondary N) is 2. The van der Waals surface area contributed by atoms with E-state index < -0.39 is 0 Å². The Balaban J connectivity index is 2.47. The number of amides is 1. The molecule has 3 aromatic rings. The first kappa shape index (κ1) is 8.97. The molecule has 0 unspecified atom stereocenters. The Bertz CT molecular complexity index is 670. The highest BCUT2D eigenvalue weighted by Gasteiger charge is 2.06. The van der Waals surface area contributed by atoms with Gasteiger partial charge in [0, 0.05) is 21.8 Å². The number of benzene rings is 2. The number of H-pyrrole nitrogens is 1. The average molecular weight is 210 g/mol. The molecule has 2 aromatic carbocycles. The summed E-state index contributed by atoms with van der Waals surface area (Å²) in [6.45, 7) is 0. The lowest BCUT2D eigenvalue weighted by Gasteiger charge is -2.00. The summed E-state index contributed by atoms with van der Waals surface area (Å²) in [7, 11) is 0. The van der Waals surface area contributed by atoms with Gasteiger partial charge in [-0.25, -0.2) is 0 Å². The molecule has 1 heterocycles. The first-order chi connectivity index (χ1) is 7.90. The van der Waals surface area contributed by atoms with Crippen molar-refractivity contribution in [1.82, 2.24) is 4.98 Å². The molecule has 1 aromatic heterocycles. The fourth-order valence-electron chi connectivity index (χ4n) is 2.09. The Labute approximate surface area is 92.1 Å². The van der Waals surface area contributed by atoms with Crippen molar-refractivity contribution in [3.05, 3.63) is 42.5 Å².